The number of carbonyl (C=O) groups excluding carboxylic acids is 2. The summed E-state index contributed by atoms with van der Waals surface area (Å²) in [7, 11) is 0. The molecule has 0 atom stereocenters. The van der Waals surface area contributed by atoms with Gasteiger partial charge >= 0.3 is 11.8 Å². The summed E-state index contributed by atoms with van der Waals surface area (Å²) >= 11 is 5.89. The van der Waals surface area contributed by atoms with E-state index in [9.17, 15) is 9.59 Å². The zero-order valence-corrected chi connectivity index (χ0v) is 15.1. The van der Waals surface area contributed by atoms with Gasteiger partial charge in [-0.1, -0.05) is 55.8 Å². The molecule has 2 amide bonds. The van der Waals surface area contributed by atoms with Crippen molar-refractivity contribution in [1.29, 1.82) is 0 Å². The lowest BCUT2D eigenvalue weighted by atomic mass is 10.0. The van der Waals surface area contributed by atoms with Gasteiger partial charge in [-0.15, -0.1) is 0 Å². The number of hydrogen-bond donors (Lipinski definition) is 2. The van der Waals surface area contributed by atoms with E-state index in [0.29, 0.717) is 16.6 Å². The molecule has 0 saturated carbocycles. The van der Waals surface area contributed by atoms with Crippen LogP contribution in [0, 0.1) is 6.92 Å². The van der Waals surface area contributed by atoms with Gasteiger partial charge in [0.1, 0.15) is 0 Å². The van der Waals surface area contributed by atoms with Crippen LogP contribution in [-0.2, 0) is 9.59 Å². The maximum absolute atomic E-state index is 11.9. The number of nitrogens with one attached hydrogen (secondary N) is 2. The Bertz CT molecular complexity index is 799. The van der Waals surface area contributed by atoms with Crippen LogP contribution in [0.15, 0.2) is 47.6 Å². The predicted octanol–water partition coefficient (Wildman–Crippen LogP) is 3.86. The zero-order valence-electron chi connectivity index (χ0n) is 14.3. The lowest BCUT2D eigenvalue weighted by Gasteiger charge is -2.07. The molecule has 0 aromatic heterocycles. The molecule has 25 heavy (non-hydrogen) atoms. The average molecular weight is 358 g/mol. The molecule has 130 valence electrons. The van der Waals surface area contributed by atoms with E-state index < -0.39 is 11.8 Å². The Labute approximate surface area is 152 Å². The van der Waals surface area contributed by atoms with E-state index in [1.54, 1.807) is 18.2 Å². The number of hydrazone groups is 1. The van der Waals surface area contributed by atoms with Crippen molar-refractivity contribution in [3.8, 4) is 0 Å². The Morgan fingerprint density at radius 3 is 2.40 bits per heavy atom. The third-order valence-electron chi connectivity index (χ3n) is 3.64. The largest absolute Gasteiger partial charge is 0.329 e. The predicted molar refractivity (Wildman–Crippen MR) is 101 cm³/mol. The topological polar surface area (TPSA) is 70.6 Å². The van der Waals surface area contributed by atoms with Crippen molar-refractivity contribution < 1.29 is 9.59 Å². The first kappa shape index (κ1) is 18.7. The van der Waals surface area contributed by atoms with Gasteiger partial charge in [0, 0.05) is 10.7 Å². The minimum atomic E-state index is -0.852. The van der Waals surface area contributed by atoms with Crippen LogP contribution in [0.25, 0.3) is 0 Å². The summed E-state index contributed by atoms with van der Waals surface area (Å²) in [4.78, 5) is 23.7. The molecule has 0 spiro atoms. The van der Waals surface area contributed by atoms with Gasteiger partial charge in [0.15, 0.2) is 0 Å². The van der Waals surface area contributed by atoms with Crippen LogP contribution in [0.3, 0.4) is 0 Å². The Morgan fingerprint density at radius 1 is 1.08 bits per heavy atom. The highest BCUT2D eigenvalue weighted by Crippen LogP contribution is 2.20. The molecule has 0 unspecified atom stereocenters. The van der Waals surface area contributed by atoms with Crippen molar-refractivity contribution in [3.63, 3.8) is 0 Å². The number of amides is 2. The minimum Gasteiger partial charge on any atom is -0.317 e. The standard InChI is InChI=1S/C19H20ClN3O2/c1-12(2)15-7-5-14(6-8-15)11-21-23-19(25)18(24)22-17-10-16(20)9-4-13(17)3/h4-12H,1-3H3,(H,22,24)(H,23,25)/b21-11-. The van der Waals surface area contributed by atoms with Crippen LogP contribution in [0.2, 0.25) is 5.02 Å². The fourth-order valence-corrected chi connectivity index (χ4v) is 2.26. The van der Waals surface area contributed by atoms with Crippen molar-refractivity contribution in [2.24, 2.45) is 5.10 Å². The van der Waals surface area contributed by atoms with Crippen LogP contribution in [0.4, 0.5) is 5.69 Å². The van der Waals surface area contributed by atoms with Gasteiger partial charge in [-0.25, -0.2) is 5.43 Å². The average Bonchev–Trinajstić information content (AvgIpc) is 2.58. The van der Waals surface area contributed by atoms with Gasteiger partial charge in [0.05, 0.1) is 6.21 Å². The van der Waals surface area contributed by atoms with E-state index in [1.807, 2.05) is 31.2 Å². The summed E-state index contributed by atoms with van der Waals surface area (Å²) in [5.74, 6) is -1.21. The fourth-order valence-electron chi connectivity index (χ4n) is 2.09. The molecule has 2 aromatic carbocycles. The Kier molecular flexibility index (Phi) is 6.31. The number of halogens is 1. The lowest BCUT2D eigenvalue weighted by molar-refractivity contribution is -0.136. The quantitative estimate of drug-likeness (QED) is 0.495. The smallest absolute Gasteiger partial charge is 0.317 e. The summed E-state index contributed by atoms with van der Waals surface area (Å²) in [5, 5.41) is 6.79. The first-order chi connectivity index (χ1) is 11.9. The maximum atomic E-state index is 11.9. The summed E-state index contributed by atoms with van der Waals surface area (Å²) in [6.07, 6.45) is 1.49. The highest BCUT2D eigenvalue weighted by molar-refractivity contribution is 6.40. The van der Waals surface area contributed by atoms with Gasteiger partial charge in [0.25, 0.3) is 0 Å². The molecule has 0 aliphatic rings. The van der Waals surface area contributed by atoms with Gasteiger partial charge in [-0.3, -0.25) is 9.59 Å². The first-order valence-corrected chi connectivity index (χ1v) is 8.25. The van der Waals surface area contributed by atoms with Gasteiger partial charge in [0.2, 0.25) is 0 Å². The molecule has 2 rings (SSSR count). The molecule has 2 N–H and O–H groups in total. The molecular formula is C19H20ClN3O2. The highest BCUT2D eigenvalue weighted by atomic mass is 35.5. The lowest BCUT2D eigenvalue weighted by Crippen LogP contribution is -2.32. The molecule has 0 aliphatic heterocycles. The van der Waals surface area contributed by atoms with Gasteiger partial charge < -0.3 is 5.32 Å². The SMILES string of the molecule is Cc1ccc(Cl)cc1NC(=O)C(=O)N/N=C\c1ccc(C(C)C)cc1. The van der Waals surface area contributed by atoms with E-state index in [2.05, 4.69) is 29.7 Å². The third kappa shape index (κ3) is 5.43. The Hall–Kier alpha value is -2.66. The zero-order chi connectivity index (χ0) is 18.4. The molecule has 0 fully saturated rings. The summed E-state index contributed by atoms with van der Waals surface area (Å²) < 4.78 is 0. The van der Waals surface area contributed by atoms with Crippen LogP contribution >= 0.6 is 11.6 Å². The molecule has 0 saturated heterocycles. The maximum Gasteiger partial charge on any atom is 0.329 e. The molecule has 0 aliphatic carbocycles. The van der Waals surface area contributed by atoms with Crippen LogP contribution in [0.5, 0.6) is 0 Å². The van der Waals surface area contributed by atoms with Crippen LogP contribution < -0.4 is 10.7 Å². The Morgan fingerprint density at radius 2 is 1.76 bits per heavy atom. The van der Waals surface area contributed by atoms with Gasteiger partial charge in [-0.05, 0) is 41.7 Å². The third-order valence-corrected chi connectivity index (χ3v) is 3.87. The van der Waals surface area contributed by atoms with Crippen molar-refractivity contribution in [2.75, 3.05) is 5.32 Å². The number of carbonyl (C=O) groups is 2. The first-order valence-electron chi connectivity index (χ1n) is 7.87. The Balaban J connectivity index is 1.92. The molecule has 0 radical (unpaired) electrons. The molecule has 6 heteroatoms. The van der Waals surface area contributed by atoms with E-state index >= 15 is 0 Å². The van der Waals surface area contributed by atoms with Crippen molar-refractivity contribution in [1.82, 2.24) is 5.43 Å². The monoisotopic (exact) mass is 357 g/mol. The van der Waals surface area contributed by atoms with Crippen molar-refractivity contribution in [3.05, 3.63) is 64.2 Å². The number of rotatable bonds is 4. The molecular weight excluding hydrogens is 338 g/mol. The molecule has 0 heterocycles. The number of anilines is 1. The number of aryl methyl sites for hydroxylation is 1. The minimum absolute atomic E-state index is 0.448. The highest BCUT2D eigenvalue weighted by Gasteiger charge is 2.14. The van der Waals surface area contributed by atoms with E-state index in [-0.39, 0.29) is 0 Å². The molecule has 0 bridgehead atoms. The molecule has 2 aromatic rings. The van der Waals surface area contributed by atoms with E-state index in [0.717, 1.165) is 11.1 Å². The second-order valence-electron chi connectivity index (χ2n) is 5.93. The van der Waals surface area contributed by atoms with Crippen molar-refractivity contribution in [2.45, 2.75) is 26.7 Å². The van der Waals surface area contributed by atoms with Crippen molar-refractivity contribution >= 4 is 35.3 Å². The van der Waals surface area contributed by atoms with E-state index in [1.165, 1.54) is 11.8 Å². The number of hydrogen-bond acceptors (Lipinski definition) is 3. The summed E-state index contributed by atoms with van der Waals surface area (Å²) in [5.41, 5.74) is 5.55. The van der Waals surface area contributed by atoms with Gasteiger partial charge in [-0.2, -0.15) is 5.10 Å². The second-order valence-corrected chi connectivity index (χ2v) is 6.37. The van der Waals surface area contributed by atoms with E-state index in [4.69, 9.17) is 11.6 Å². The number of nitrogens with zero attached hydrogens (tertiary/aromatic N) is 1. The summed E-state index contributed by atoms with van der Waals surface area (Å²) in [6, 6.07) is 12.9. The second kappa shape index (κ2) is 8.44. The van der Waals surface area contributed by atoms with Crippen LogP contribution in [0.1, 0.15) is 36.5 Å². The summed E-state index contributed by atoms with van der Waals surface area (Å²) in [6.45, 7) is 6.04. The normalized spacial score (nSPS) is 10.9. The fraction of sp³-hybridized carbons (Fsp3) is 0.211. The van der Waals surface area contributed by atoms with Crippen LogP contribution in [-0.4, -0.2) is 18.0 Å². The number of benzene rings is 2. The molecule has 5 nitrogen and oxygen atoms in total.